The normalized spacial score (nSPS) is 20.0. The molecule has 0 radical (unpaired) electrons. The first-order chi connectivity index (χ1) is 10.3. The number of aromatic nitrogens is 2. The van der Waals surface area contributed by atoms with Gasteiger partial charge >= 0.3 is 5.97 Å². The minimum atomic E-state index is -0.275. The van der Waals surface area contributed by atoms with E-state index in [-0.39, 0.29) is 5.97 Å². The first kappa shape index (κ1) is 14.4. The molecule has 1 saturated carbocycles. The molecule has 0 unspecified atom stereocenters. The Morgan fingerprint density at radius 2 is 2.10 bits per heavy atom. The maximum absolute atomic E-state index is 12.2. The number of hydrogen-bond acceptors (Lipinski definition) is 5. The van der Waals surface area contributed by atoms with Crippen molar-refractivity contribution in [1.82, 2.24) is 9.78 Å². The molecule has 2 aliphatic rings. The average Bonchev–Trinajstić information content (AvgIpc) is 3.17. The van der Waals surface area contributed by atoms with Crippen molar-refractivity contribution in [3.63, 3.8) is 0 Å². The van der Waals surface area contributed by atoms with Crippen molar-refractivity contribution in [3.8, 4) is 0 Å². The topological polar surface area (TPSA) is 56.6 Å². The summed E-state index contributed by atoms with van der Waals surface area (Å²) in [6.45, 7) is 5.11. The summed E-state index contributed by atoms with van der Waals surface area (Å²) in [5.74, 6) is 0.479. The van der Waals surface area contributed by atoms with Crippen molar-refractivity contribution in [3.05, 3.63) is 11.8 Å². The van der Waals surface area contributed by atoms with Gasteiger partial charge in [-0.1, -0.05) is 12.8 Å². The third-order valence-electron chi connectivity index (χ3n) is 4.22. The van der Waals surface area contributed by atoms with Gasteiger partial charge in [-0.25, -0.2) is 4.79 Å². The first-order valence-corrected chi connectivity index (χ1v) is 7.88. The van der Waals surface area contributed by atoms with Crippen LogP contribution in [0.25, 0.3) is 0 Å². The van der Waals surface area contributed by atoms with Gasteiger partial charge in [-0.3, -0.25) is 4.68 Å². The molecule has 0 N–H and O–H groups in total. The Bertz CT molecular complexity index is 488. The highest BCUT2D eigenvalue weighted by molar-refractivity contribution is 5.94. The zero-order valence-electron chi connectivity index (χ0n) is 12.6. The number of carbonyl (C=O) groups excluding carboxylic acids is 1. The molecule has 1 aliphatic heterocycles. The van der Waals surface area contributed by atoms with Crippen molar-refractivity contribution in [2.24, 2.45) is 0 Å². The van der Waals surface area contributed by atoms with Crippen LogP contribution in [-0.4, -0.2) is 48.7 Å². The molecule has 0 spiro atoms. The summed E-state index contributed by atoms with van der Waals surface area (Å²) in [6, 6.07) is 0.424. The van der Waals surface area contributed by atoms with E-state index in [1.54, 1.807) is 0 Å². The second-order valence-electron chi connectivity index (χ2n) is 5.60. The van der Waals surface area contributed by atoms with Crippen molar-refractivity contribution in [2.45, 2.75) is 38.6 Å². The number of anilines is 1. The van der Waals surface area contributed by atoms with Crippen LogP contribution in [0.4, 0.5) is 5.82 Å². The van der Waals surface area contributed by atoms with E-state index in [4.69, 9.17) is 14.6 Å². The van der Waals surface area contributed by atoms with E-state index in [2.05, 4.69) is 4.90 Å². The monoisotopic (exact) mass is 293 g/mol. The summed E-state index contributed by atoms with van der Waals surface area (Å²) in [4.78, 5) is 14.3. The van der Waals surface area contributed by atoms with Crippen LogP contribution in [0.1, 0.15) is 49.0 Å². The van der Waals surface area contributed by atoms with Gasteiger partial charge < -0.3 is 14.4 Å². The van der Waals surface area contributed by atoms with E-state index < -0.39 is 0 Å². The third kappa shape index (κ3) is 3.05. The lowest BCUT2D eigenvalue weighted by atomic mass is 10.2. The van der Waals surface area contributed by atoms with Crippen LogP contribution in [0.5, 0.6) is 0 Å². The molecule has 1 aromatic heterocycles. The number of ether oxygens (including phenoxy) is 2. The first-order valence-electron chi connectivity index (χ1n) is 7.88. The third-order valence-corrected chi connectivity index (χ3v) is 4.22. The van der Waals surface area contributed by atoms with Gasteiger partial charge in [-0.05, 0) is 19.8 Å². The Balaban J connectivity index is 1.88. The zero-order valence-corrected chi connectivity index (χ0v) is 12.6. The Labute approximate surface area is 125 Å². The lowest BCUT2D eigenvalue weighted by Crippen LogP contribution is -2.37. The lowest BCUT2D eigenvalue weighted by molar-refractivity contribution is 0.0526. The average molecular weight is 293 g/mol. The summed E-state index contributed by atoms with van der Waals surface area (Å²) < 4.78 is 12.5. The molecule has 6 nitrogen and oxygen atoms in total. The molecule has 0 amide bonds. The van der Waals surface area contributed by atoms with E-state index in [0.29, 0.717) is 31.4 Å². The van der Waals surface area contributed by atoms with Gasteiger partial charge in [0.05, 0.1) is 25.9 Å². The summed E-state index contributed by atoms with van der Waals surface area (Å²) in [5.41, 5.74) is 0.589. The number of nitrogens with zero attached hydrogens (tertiary/aromatic N) is 3. The highest BCUT2D eigenvalue weighted by atomic mass is 16.5. The molecule has 116 valence electrons. The smallest absolute Gasteiger partial charge is 0.343 e. The fourth-order valence-corrected chi connectivity index (χ4v) is 3.10. The Morgan fingerprint density at radius 3 is 2.76 bits per heavy atom. The minimum absolute atomic E-state index is 0.275. The fourth-order valence-electron chi connectivity index (χ4n) is 3.10. The molecule has 1 aromatic rings. The van der Waals surface area contributed by atoms with Crippen LogP contribution >= 0.6 is 0 Å². The molecule has 6 heteroatoms. The van der Waals surface area contributed by atoms with Gasteiger partial charge in [-0.15, -0.1) is 0 Å². The van der Waals surface area contributed by atoms with E-state index >= 15 is 0 Å². The van der Waals surface area contributed by atoms with Gasteiger partial charge in [0.15, 0.2) is 5.82 Å². The van der Waals surface area contributed by atoms with Crippen LogP contribution in [0.3, 0.4) is 0 Å². The Kier molecular flexibility index (Phi) is 4.43. The molecular formula is C15H23N3O3. The quantitative estimate of drug-likeness (QED) is 0.795. The molecule has 2 fully saturated rings. The lowest BCUT2D eigenvalue weighted by Gasteiger charge is -2.27. The van der Waals surface area contributed by atoms with Crippen LogP contribution in [0.15, 0.2) is 6.20 Å². The van der Waals surface area contributed by atoms with E-state index in [1.165, 1.54) is 12.8 Å². The summed E-state index contributed by atoms with van der Waals surface area (Å²) >= 11 is 0. The van der Waals surface area contributed by atoms with Crippen molar-refractivity contribution in [2.75, 3.05) is 37.8 Å². The summed E-state index contributed by atoms with van der Waals surface area (Å²) in [6.07, 6.45) is 6.65. The van der Waals surface area contributed by atoms with Gasteiger partial charge in [0.2, 0.25) is 0 Å². The largest absolute Gasteiger partial charge is 0.462 e. The number of morpholine rings is 1. The van der Waals surface area contributed by atoms with Crippen molar-refractivity contribution in [1.29, 1.82) is 0 Å². The molecular weight excluding hydrogens is 270 g/mol. The number of esters is 1. The maximum Gasteiger partial charge on any atom is 0.343 e. The van der Waals surface area contributed by atoms with E-state index in [9.17, 15) is 4.79 Å². The van der Waals surface area contributed by atoms with Gasteiger partial charge in [0.1, 0.15) is 5.56 Å². The number of rotatable bonds is 4. The second-order valence-corrected chi connectivity index (χ2v) is 5.60. The second kappa shape index (κ2) is 6.47. The molecule has 1 aliphatic carbocycles. The summed E-state index contributed by atoms with van der Waals surface area (Å²) in [7, 11) is 0. The predicted octanol–water partition coefficient (Wildman–Crippen LogP) is 2.01. The van der Waals surface area contributed by atoms with Gasteiger partial charge in [0.25, 0.3) is 0 Å². The Hall–Kier alpha value is -1.56. The van der Waals surface area contributed by atoms with Gasteiger partial charge in [0, 0.05) is 19.3 Å². The maximum atomic E-state index is 12.2. The predicted molar refractivity (Wildman–Crippen MR) is 78.7 cm³/mol. The summed E-state index contributed by atoms with van der Waals surface area (Å²) in [5, 5.41) is 4.71. The van der Waals surface area contributed by atoms with Crippen LogP contribution in [-0.2, 0) is 9.47 Å². The molecule has 0 bridgehead atoms. The highest BCUT2D eigenvalue weighted by Gasteiger charge is 2.27. The van der Waals surface area contributed by atoms with Crippen molar-refractivity contribution >= 4 is 11.8 Å². The highest BCUT2D eigenvalue weighted by Crippen LogP contribution is 2.31. The molecule has 21 heavy (non-hydrogen) atoms. The molecule has 0 aromatic carbocycles. The molecule has 0 atom stereocenters. The standard InChI is InChI=1S/C15H23N3O3/c1-2-21-15(19)13-11-18(12-5-3-4-6-12)16-14(13)17-7-9-20-10-8-17/h11-12H,2-10H2,1H3. The fraction of sp³-hybridized carbons (Fsp3) is 0.733. The van der Waals surface area contributed by atoms with E-state index in [1.807, 2.05) is 17.8 Å². The SMILES string of the molecule is CCOC(=O)c1cn(C2CCCC2)nc1N1CCOCC1. The number of carbonyl (C=O) groups is 1. The molecule has 3 rings (SSSR count). The molecule has 2 heterocycles. The number of hydrogen-bond donors (Lipinski definition) is 0. The Morgan fingerprint density at radius 1 is 1.38 bits per heavy atom. The van der Waals surface area contributed by atoms with Crippen LogP contribution in [0, 0.1) is 0 Å². The minimum Gasteiger partial charge on any atom is -0.462 e. The van der Waals surface area contributed by atoms with E-state index in [0.717, 1.165) is 31.7 Å². The van der Waals surface area contributed by atoms with Crippen molar-refractivity contribution < 1.29 is 14.3 Å². The zero-order chi connectivity index (χ0) is 14.7. The van der Waals surface area contributed by atoms with Gasteiger partial charge in [-0.2, -0.15) is 5.10 Å². The molecule has 1 saturated heterocycles. The van der Waals surface area contributed by atoms with Crippen LogP contribution in [0.2, 0.25) is 0 Å². The van der Waals surface area contributed by atoms with Crippen LogP contribution < -0.4 is 4.90 Å².